The molecule has 4 aromatic rings. The first kappa shape index (κ1) is 23.3. The molecular weight excluding hydrogens is 469 g/mol. The van der Waals surface area contributed by atoms with Gasteiger partial charge >= 0.3 is 6.18 Å². The van der Waals surface area contributed by atoms with E-state index in [1.54, 1.807) is 36.4 Å². The van der Waals surface area contributed by atoms with Crippen molar-refractivity contribution in [1.29, 1.82) is 0 Å². The molecule has 180 valence electrons. The van der Waals surface area contributed by atoms with Gasteiger partial charge in [0.1, 0.15) is 5.76 Å². The normalized spacial score (nSPS) is 17.6. The highest BCUT2D eigenvalue weighted by Gasteiger charge is 2.46. The van der Waals surface area contributed by atoms with Crippen LogP contribution in [0.2, 0.25) is 0 Å². The van der Waals surface area contributed by atoms with Crippen molar-refractivity contribution >= 4 is 28.2 Å². The maximum absolute atomic E-state index is 13.3. The summed E-state index contributed by atoms with van der Waals surface area (Å²) < 4.78 is 39.8. The fraction of sp³-hybridized carbons (Fsp3) is 0.107. The summed E-state index contributed by atoms with van der Waals surface area (Å²) in [5.74, 6) is -2.16. The van der Waals surface area contributed by atoms with E-state index in [0.29, 0.717) is 16.5 Å². The summed E-state index contributed by atoms with van der Waals surface area (Å²) in [6.07, 6.45) is -1.58. The van der Waals surface area contributed by atoms with Crippen molar-refractivity contribution in [1.82, 2.24) is 9.88 Å². The van der Waals surface area contributed by atoms with Gasteiger partial charge in [-0.2, -0.15) is 13.2 Å². The molecule has 1 fully saturated rings. The Balaban J connectivity index is 1.66. The third-order valence-corrected chi connectivity index (χ3v) is 6.21. The first-order chi connectivity index (χ1) is 17.3. The van der Waals surface area contributed by atoms with Crippen LogP contribution in [0.15, 0.2) is 96.8 Å². The third-order valence-electron chi connectivity index (χ3n) is 6.21. The average molecular weight is 488 g/mol. The molecule has 5 nitrogen and oxygen atoms in total. The van der Waals surface area contributed by atoms with Gasteiger partial charge in [0.15, 0.2) is 0 Å². The van der Waals surface area contributed by atoms with Crippen LogP contribution in [0.25, 0.3) is 16.5 Å². The Hall–Kier alpha value is -4.46. The monoisotopic (exact) mass is 488 g/mol. The highest BCUT2D eigenvalue weighted by molar-refractivity contribution is 6.46. The molecule has 36 heavy (non-hydrogen) atoms. The summed E-state index contributed by atoms with van der Waals surface area (Å²) in [6, 6.07) is 19.4. The Bertz CT molecular complexity index is 1510. The number of likely N-dealkylation sites (tertiary alicyclic amines) is 1. The molecule has 0 spiro atoms. The van der Waals surface area contributed by atoms with Crippen molar-refractivity contribution in [3.63, 3.8) is 0 Å². The number of aromatic nitrogens is 1. The van der Waals surface area contributed by atoms with E-state index in [-0.39, 0.29) is 23.4 Å². The van der Waals surface area contributed by atoms with Gasteiger partial charge in [-0.1, -0.05) is 54.6 Å². The molecule has 1 aromatic heterocycles. The lowest BCUT2D eigenvalue weighted by atomic mass is 9.93. The molecule has 2 heterocycles. The zero-order valence-electron chi connectivity index (χ0n) is 18.7. The summed E-state index contributed by atoms with van der Waals surface area (Å²) in [7, 11) is 0. The van der Waals surface area contributed by atoms with Crippen LogP contribution in [-0.4, -0.2) is 26.7 Å². The van der Waals surface area contributed by atoms with Crippen LogP contribution in [0.1, 0.15) is 28.3 Å². The number of fused-ring (bicyclic) bond motifs is 1. The number of amides is 1. The molecule has 0 aliphatic carbocycles. The molecule has 8 heteroatoms. The largest absolute Gasteiger partial charge is 0.507 e. The predicted octanol–water partition coefficient (Wildman–Crippen LogP) is 5.88. The molecule has 1 saturated heterocycles. The van der Waals surface area contributed by atoms with E-state index in [1.165, 1.54) is 29.4 Å². The second kappa shape index (κ2) is 8.96. The van der Waals surface area contributed by atoms with Crippen LogP contribution in [0.5, 0.6) is 0 Å². The molecule has 0 bridgehead atoms. The minimum absolute atomic E-state index is 0.130. The molecule has 1 aliphatic rings. The minimum atomic E-state index is -4.55. The molecule has 1 unspecified atom stereocenters. The Morgan fingerprint density at radius 3 is 2.36 bits per heavy atom. The quantitative estimate of drug-likeness (QED) is 0.221. The standard InChI is InChI=1S/C28H19F3N2O3/c29-28(30,31)20-8-3-5-17(15-20)16-33-24(19-11-13-32-14-12-19)23(26(35)27(33)36)25(34)22-10-4-7-18-6-1-2-9-21(18)22/h1-15,24,34H,16H2/b25-23-. The van der Waals surface area contributed by atoms with Crippen LogP contribution >= 0.6 is 0 Å². The fourth-order valence-electron chi connectivity index (χ4n) is 4.56. The van der Waals surface area contributed by atoms with E-state index >= 15 is 0 Å². The van der Waals surface area contributed by atoms with Gasteiger partial charge in [0.2, 0.25) is 0 Å². The van der Waals surface area contributed by atoms with Crippen molar-refractivity contribution in [2.75, 3.05) is 0 Å². The minimum Gasteiger partial charge on any atom is -0.507 e. The molecule has 0 saturated carbocycles. The van der Waals surface area contributed by atoms with Crippen molar-refractivity contribution in [3.8, 4) is 0 Å². The van der Waals surface area contributed by atoms with Gasteiger partial charge in [0.25, 0.3) is 11.7 Å². The first-order valence-electron chi connectivity index (χ1n) is 11.1. The number of aliphatic hydroxyl groups is 1. The number of nitrogens with zero attached hydrogens (tertiary/aromatic N) is 2. The van der Waals surface area contributed by atoms with E-state index in [2.05, 4.69) is 4.98 Å². The van der Waals surface area contributed by atoms with Gasteiger partial charge in [-0.15, -0.1) is 0 Å². The number of halogens is 3. The summed E-state index contributed by atoms with van der Waals surface area (Å²) >= 11 is 0. The second-order valence-electron chi connectivity index (χ2n) is 8.43. The number of alkyl halides is 3. The number of carbonyl (C=O) groups excluding carboxylic acids is 2. The SMILES string of the molecule is O=C1C(=O)N(Cc2cccc(C(F)(F)F)c2)C(c2ccncc2)/C1=C(/O)c1cccc2ccccc12. The van der Waals surface area contributed by atoms with Crippen molar-refractivity contribution in [2.45, 2.75) is 18.8 Å². The molecule has 1 atom stereocenters. The van der Waals surface area contributed by atoms with Crippen LogP contribution in [0.4, 0.5) is 13.2 Å². The third kappa shape index (κ3) is 4.11. The number of hydrogen-bond donors (Lipinski definition) is 1. The number of rotatable bonds is 4. The van der Waals surface area contributed by atoms with Crippen molar-refractivity contribution < 1.29 is 27.9 Å². The topological polar surface area (TPSA) is 70.5 Å². The highest BCUT2D eigenvalue weighted by atomic mass is 19.4. The van der Waals surface area contributed by atoms with E-state index in [9.17, 15) is 27.9 Å². The summed E-state index contributed by atoms with van der Waals surface area (Å²) in [6.45, 7) is -0.256. The number of carbonyl (C=O) groups is 2. The fourth-order valence-corrected chi connectivity index (χ4v) is 4.56. The predicted molar refractivity (Wildman–Crippen MR) is 127 cm³/mol. The summed E-state index contributed by atoms with van der Waals surface area (Å²) in [5, 5.41) is 12.9. The van der Waals surface area contributed by atoms with Crippen LogP contribution in [0, 0.1) is 0 Å². The van der Waals surface area contributed by atoms with Crippen molar-refractivity contribution in [3.05, 3.63) is 119 Å². The summed E-state index contributed by atoms with van der Waals surface area (Å²) in [5.41, 5.74) is 0.0976. The number of aliphatic hydroxyl groups excluding tert-OH is 1. The molecule has 1 aliphatic heterocycles. The lowest BCUT2D eigenvalue weighted by Gasteiger charge is -2.25. The highest BCUT2D eigenvalue weighted by Crippen LogP contribution is 2.41. The number of pyridine rings is 1. The van der Waals surface area contributed by atoms with Gasteiger partial charge in [0, 0.05) is 24.5 Å². The maximum Gasteiger partial charge on any atom is 0.416 e. The first-order valence-corrected chi connectivity index (χ1v) is 11.1. The van der Waals surface area contributed by atoms with E-state index < -0.39 is 29.5 Å². The maximum atomic E-state index is 13.3. The van der Waals surface area contributed by atoms with Gasteiger partial charge in [-0.3, -0.25) is 14.6 Å². The Morgan fingerprint density at radius 1 is 0.917 bits per heavy atom. The summed E-state index contributed by atoms with van der Waals surface area (Å²) in [4.78, 5) is 31.6. The molecule has 3 aromatic carbocycles. The number of benzene rings is 3. The Kier molecular flexibility index (Phi) is 5.80. The van der Waals surface area contributed by atoms with Gasteiger partial charge < -0.3 is 10.0 Å². The Labute approximate surface area is 204 Å². The lowest BCUT2D eigenvalue weighted by molar-refractivity contribution is -0.140. The molecule has 0 radical (unpaired) electrons. The van der Waals surface area contributed by atoms with Gasteiger partial charge in [-0.05, 0) is 46.2 Å². The van der Waals surface area contributed by atoms with Gasteiger partial charge in [-0.25, -0.2) is 0 Å². The smallest absolute Gasteiger partial charge is 0.416 e. The van der Waals surface area contributed by atoms with Crippen LogP contribution in [-0.2, 0) is 22.3 Å². The molecule has 1 N–H and O–H groups in total. The van der Waals surface area contributed by atoms with E-state index in [1.807, 2.05) is 18.2 Å². The van der Waals surface area contributed by atoms with E-state index in [0.717, 1.165) is 17.5 Å². The average Bonchev–Trinajstić information content (AvgIpc) is 3.13. The van der Waals surface area contributed by atoms with Crippen LogP contribution in [0.3, 0.4) is 0 Å². The zero-order chi connectivity index (χ0) is 25.4. The van der Waals surface area contributed by atoms with Crippen molar-refractivity contribution in [2.24, 2.45) is 0 Å². The number of Topliss-reactive ketones (excluding diaryl/α,β-unsaturated/α-hetero) is 1. The molecule has 1 amide bonds. The second-order valence-corrected chi connectivity index (χ2v) is 8.43. The Morgan fingerprint density at radius 2 is 1.61 bits per heavy atom. The van der Waals surface area contributed by atoms with Gasteiger partial charge in [0.05, 0.1) is 17.2 Å². The van der Waals surface area contributed by atoms with Crippen LogP contribution < -0.4 is 0 Å². The van der Waals surface area contributed by atoms with E-state index in [4.69, 9.17) is 0 Å². The molecular formula is C28H19F3N2O3. The lowest BCUT2D eigenvalue weighted by Crippen LogP contribution is -2.29. The number of ketones is 1. The zero-order valence-corrected chi connectivity index (χ0v) is 18.7. The number of hydrogen-bond acceptors (Lipinski definition) is 4. The molecule has 5 rings (SSSR count).